The van der Waals surface area contributed by atoms with Crippen LogP contribution in [0.15, 0.2) is 0 Å². The van der Waals surface area contributed by atoms with Crippen molar-refractivity contribution in [1.82, 2.24) is 0 Å². The van der Waals surface area contributed by atoms with E-state index in [1.807, 2.05) is 6.92 Å². The summed E-state index contributed by atoms with van der Waals surface area (Å²) in [6, 6.07) is 0. The number of hydrogen-bond acceptors (Lipinski definition) is 4. The van der Waals surface area contributed by atoms with Gasteiger partial charge in [0.1, 0.15) is 6.10 Å². The van der Waals surface area contributed by atoms with Crippen molar-refractivity contribution >= 4 is 0 Å². The Morgan fingerprint density at radius 2 is 1.45 bits per heavy atom. The molecule has 0 aliphatic rings. The van der Waals surface area contributed by atoms with E-state index in [1.165, 1.54) is 0 Å². The normalized spacial score (nSPS) is 13.9. The lowest BCUT2D eigenvalue weighted by molar-refractivity contribution is -0.0804. The van der Waals surface area contributed by atoms with Crippen LogP contribution in [0.2, 0.25) is 0 Å². The number of aliphatic hydroxyl groups is 3. The topological polar surface area (TPSA) is 69.9 Å². The molecular formula is C7H16O4. The lowest BCUT2D eigenvalue weighted by Gasteiger charge is -2.19. The zero-order valence-corrected chi connectivity index (χ0v) is 6.73. The van der Waals surface area contributed by atoms with Gasteiger partial charge in [0.2, 0.25) is 0 Å². The Morgan fingerprint density at radius 3 is 1.73 bits per heavy atom. The van der Waals surface area contributed by atoms with Gasteiger partial charge in [0.05, 0.1) is 25.9 Å². The van der Waals surface area contributed by atoms with Crippen LogP contribution in [-0.2, 0) is 4.74 Å². The molecule has 0 amide bonds. The third kappa shape index (κ3) is 4.31. The maximum atomic E-state index is 8.68. The molecule has 3 N–H and O–H groups in total. The summed E-state index contributed by atoms with van der Waals surface area (Å²) in [6.45, 7) is 1.36. The summed E-state index contributed by atoms with van der Waals surface area (Å²) in [5.74, 6) is 0. The van der Waals surface area contributed by atoms with Gasteiger partial charge in [0, 0.05) is 0 Å². The second-order valence-corrected chi connectivity index (χ2v) is 2.34. The van der Waals surface area contributed by atoms with Gasteiger partial charge in [-0.05, 0) is 6.42 Å². The molecule has 0 fully saturated rings. The van der Waals surface area contributed by atoms with Gasteiger partial charge in [-0.2, -0.15) is 0 Å². The molecule has 0 rings (SSSR count). The Hall–Kier alpha value is -0.160. The molecule has 0 saturated heterocycles. The fourth-order valence-corrected chi connectivity index (χ4v) is 0.684. The van der Waals surface area contributed by atoms with Crippen LogP contribution in [0.25, 0.3) is 0 Å². The quantitative estimate of drug-likeness (QED) is 0.477. The third-order valence-electron chi connectivity index (χ3n) is 1.45. The van der Waals surface area contributed by atoms with E-state index in [9.17, 15) is 0 Å². The maximum Gasteiger partial charge on any atom is 0.104 e. The van der Waals surface area contributed by atoms with Crippen molar-refractivity contribution in [2.24, 2.45) is 0 Å². The predicted molar refractivity (Wildman–Crippen MR) is 40.2 cm³/mol. The highest BCUT2D eigenvalue weighted by atomic mass is 16.5. The van der Waals surface area contributed by atoms with E-state index in [-0.39, 0.29) is 25.9 Å². The van der Waals surface area contributed by atoms with Gasteiger partial charge in [0.15, 0.2) is 0 Å². The Kier molecular flexibility index (Phi) is 6.45. The average Bonchev–Trinajstić information content (AvgIpc) is 2.07. The van der Waals surface area contributed by atoms with E-state index >= 15 is 0 Å². The Balaban J connectivity index is 3.58. The van der Waals surface area contributed by atoms with Crippen LogP contribution < -0.4 is 0 Å². The maximum absolute atomic E-state index is 8.68. The molecule has 0 heterocycles. The largest absolute Gasteiger partial charge is 0.394 e. The van der Waals surface area contributed by atoms with Gasteiger partial charge in [-0.1, -0.05) is 6.92 Å². The van der Waals surface area contributed by atoms with Crippen molar-refractivity contribution in [2.75, 3.05) is 19.8 Å². The molecule has 0 aliphatic carbocycles. The van der Waals surface area contributed by atoms with Crippen molar-refractivity contribution in [1.29, 1.82) is 0 Å². The second kappa shape index (κ2) is 6.54. The molecule has 4 heteroatoms. The molecule has 0 bridgehead atoms. The molecule has 0 spiro atoms. The fourth-order valence-electron chi connectivity index (χ4n) is 0.684. The zero-order valence-electron chi connectivity index (χ0n) is 6.73. The van der Waals surface area contributed by atoms with E-state index < -0.39 is 6.10 Å². The predicted octanol–water partition coefficient (Wildman–Crippen LogP) is -0.873. The molecule has 0 aromatic carbocycles. The highest BCUT2D eigenvalue weighted by Gasteiger charge is 2.12. The molecular weight excluding hydrogens is 148 g/mol. The van der Waals surface area contributed by atoms with Crippen LogP contribution in [0.5, 0.6) is 0 Å². The average molecular weight is 164 g/mol. The SMILES string of the molecule is CCC(CO)OC(CO)CO. The Bertz CT molecular complexity index is 68.5. The highest BCUT2D eigenvalue weighted by molar-refractivity contribution is 4.58. The standard InChI is InChI=1S/C7H16O4/c1-2-6(3-8)11-7(4-9)5-10/h6-10H,2-5H2,1H3. The first-order valence-electron chi connectivity index (χ1n) is 3.76. The van der Waals surface area contributed by atoms with Crippen LogP contribution in [0.3, 0.4) is 0 Å². The van der Waals surface area contributed by atoms with Crippen molar-refractivity contribution in [2.45, 2.75) is 25.6 Å². The fraction of sp³-hybridized carbons (Fsp3) is 1.00. The van der Waals surface area contributed by atoms with E-state index in [0.717, 1.165) is 0 Å². The van der Waals surface area contributed by atoms with E-state index in [4.69, 9.17) is 20.1 Å². The lowest BCUT2D eigenvalue weighted by Crippen LogP contribution is -2.29. The second-order valence-electron chi connectivity index (χ2n) is 2.34. The molecule has 0 saturated carbocycles. The first-order chi connectivity index (χ1) is 5.28. The van der Waals surface area contributed by atoms with Crippen molar-refractivity contribution in [3.8, 4) is 0 Å². The molecule has 68 valence electrons. The molecule has 11 heavy (non-hydrogen) atoms. The molecule has 1 atom stereocenters. The molecule has 0 aliphatic heterocycles. The molecule has 1 unspecified atom stereocenters. The minimum absolute atomic E-state index is 0.0764. The van der Waals surface area contributed by atoms with Crippen LogP contribution in [0.1, 0.15) is 13.3 Å². The summed E-state index contributed by atoms with van der Waals surface area (Å²) in [7, 11) is 0. The minimum Gasteiger partial charge on any atom is -0.394 e. The van der Waals surface area contributed by atoms with Crippen LogP contribution >= 0.6 is 0 Å². The number of hydrogen-bond donors (Lipinski definition) is 3. The molecule has 0 aromatic rings. The van der Waals surface area contributed by atoms with Gasteiger partial charge < -0.3 is 20.1 Å². The summed E-state index contributed by atoms with van der Waals surface area (Å²) in [5.41, 5.74) is 0. The molecule has 0 aromatic heterocycles. The van der Waals surface area contributed by atoms with Crippen molar-refractivity contribution < 1.29 is 20.1 Å². The summed E-state index contributed by atoms with van der Waals surface area (Å²) in [6.07, 6.45) is -0.168. The third-order valence-corrected chi connectivity index (χ3v) is 1.45. The van der Waals surface area contributed by atoms with E-state index in [2.05, 4.69) is 0 Å². The summed E-state index contributed by atoms with van der Waals surface area (Å²) < 4.78 is 5.10. The van der Waals surface area contributed by atoms with Gasteiger partial charge >= 0.3 is 0 Å². The Morgan fingerprint density at radius 1 is 1.00 bits per heavy atom. The summed E-state index contributed by atoms with van der Waals surface area (Å²) in [4.78, 5) is 0. The highest BCUT2D eigenvalue weighted by Crippen LogP contribution is 2.01. The van der Waals surface area contributed by atoms with E-state index in [1.54, 1.807) is 0 Å². The first-order valence-corrected chi connectivity index (χ1v) is 3.76. The van der Waals surface area contributed by atoms with Crippen molar-refractivity contribution in [3.05, 3.63) is 0 Å². The summed E-state index contributed by atoms with van der Waals surface area (Å²) >= 11 is 0. The van der Waals surface area contributed by atoms with Crippen molar-refractivity contribution in [3.63, 3.8) is 0 Å². The van der Waals surface area contributed by atoms with E-state index in [0.29, 0.717) is 6.42 Å². The smallest absolute Gasteiger partial charge is 0.104 e. The molecule has 0 radical (unpaired) electrons. The van der Waals surface area contributed by atoms with Gasteiger partial charge in [-0.25, -0.2) is 0 Å². The van der Waals surface area contributed by atoms with Gasteiger partial charge in [0.25, 0.3) is 0 Å². The monoisotopic (exact) mass is 164 g/mol. The number of ether oxygens (including phenoxy) is 1. The van der Waals surface area contributed by atoms with Crippen LogP contribution in [0.4, 0.5) is 0 Å². The van der Waals surface area contributed by atoms with Gasteiger partial charge in [-0.3, -0.25) is 0 Å². The van der Waals surface area contributed by atoms with Gasteiger partial charge in [-0.15, -0.1) is 0 Å². The Labute approximate surface area is 66.4 Å². The first kappa shape index (κ1) is 10.8. The minimum atomic E-state index is -0.563. The number of rotatable bonds is 6. The molecule has 4 nitrogen and oxygen atoms in total. The lowest BCUT2D eigenvalue weighted by atomic mass is 10.3. The zero-order chi connectivity index (χ0) is 8.69. The van der Waals surface area contributed by atoms with Crippen LogP contribution in [-0.4, -0.2) is 47.3 Å². The van der Waals surface area contributed by atoms with Crippen LogP contribution in [0, 0.1) is 0 Å². The number of aliphatic hydroxyl groups excluding tert-OH is 3. The summed E-state index contributed by atoms with van der Waals surface area (Å²) in [5, 5.41) is 25.9.